The van der Waals surface area contributed by atoms with E-state index in [9.17, 15) is 10.2 Å². The molecule has 2 nitrogen and oxygen atoms in total. The Morgan fingerprint density at radius 1 is 0.800 bits per heavy atom. The van der Waals surface area contributed by atoms with Gasteiger partial charge in [-0.05, 0) is 64.8 Å². The van der Waals surface area contributed by atoms with Crippen LogP contribution in [-0.2, 0) is 18.3 Å². The number of unbranched alkanes of at least 4 members (excludes halogenated alkanes) is 3. The number of hydrogen-bond acceptors (Lipinski definition) is 2. The predicted octanol–water partition coefficient (Wildman–Crippen LogP) is 7.57. The summed E-state index contributed by atoms with van der Waals surface area (Å²) in [6.07, 6.45) is 6.46. The highest BCUT2D eigenvalue weighted by atomic mass is 16.3. The Balaban J connectivity index is 2.04. The van der Waals surface area contributed by atoms with E-state index < -0.39 is 0 Å². The lowest BCUT2D eigenvalue weighted by Gasteiger charge is -2.24. The maximum atomic E-state index is 11.0. The van der Waals surface area contributed by atoms with Gasteiger partial charge >= 0.3 is 0 Å². The first-order valence-corrected chi connectivity index (χ1v) is 11.3. The number of fused-ring (bicyclic) bond motifs is 1. The third-order valence-corrected chi connectivity index (χ3v) is 6.04. The highest BCUT2D eigenvalue weighted by molar-refractivity contribution is 5.92. The normalized spacial score (nSPS) is 11.9. The molecular weight excluding hydrogens is 368 g/mol. The molecular formula is C28H36O2. The third-order valence-electron chi connectivity index (χ3n) is 6.04. The van der Waals surface area contributed by atoms with Crippen molar-refractivity contribution < 1.29 is 10.2 Å². The van der Waals surface area contributed by atoms with Gasteiger partial charge in [0.2, 0.25) is 0 Å². The smallest absolute Gasteiger partial charge is 0.126 e. The Morgan fingerprint density at radius 2 is 1.50 bits per heavy atom. The maximum Gasteiger partial charge on any atom is 0.126 e. The second-order valence-electron chi connectivity index (χ2n) is 9.64. The zero-order valence-electron chi connectivity index (χ0n) is 19.2. The summed E-state index contributed by atoms with van der Waals surface area (Å²) in [7, 11) is 0. The second kappa shape index (κ2) is 9.12. The number of hydrogen-bond donors (Lipinski definition) is 2. The fourth-order valence-electron chi connectivity index (χ4n) is 4.32. The van der Waals surface area contributed by atoms with Crippen molar-refractivity contribution in [2.24, 2.45) is 0 Å². The SMILES string of the molecule is CCCCCCc1cc(Cc2cc(C)c(O)c3ccccc23)cc(C(C)(C)C)c1O. The van der Waals surface area contributed by atoms with E-state index in [1.54, 1.807) is 0 Å². The van der Waals surface area contributed by atoms with E-state index in [4.69, 9.17) is 0 Å². The highest BCUT2D eigenvalue weighted by Crippen LogP contribution is 2.37. The Labute approximate surface area is 181 Å². The molecule has 0 saturated heterocycles. The average Bonchev–Trinajstić information content (AvgIpc) is 2.70. The molecule has 3 aromatic rings. The van der Waals surface area contributed by atoms with E-state index >= 15 is 0 Å². The minimum absolute atomic E-state index is 0.120. The summed E-state index contributed by atoms with van der Waals surface area (Å²) in [5.41, 5.74) is 5.30. The van der Waals surface area contributed by atoms with Crippen molar-refractivity contribution in [3.05, 3.63) is 70.3 Å². The van der Waals surface area contributed by atoms with Gasteiger partial charge < -0.3 is 10.2 Å². The number of benzene rings is 3. The molecule has 160 valence electrons. The molecule has 0 bridgehead atoms. The van der Waals surface area contributed by atoms with Crippen molar-refractivity contribution >= 4 is 10.8 Å². The van der Waals surface area contributed by atoms with Crippen molar-refractivity contribution in [2.45, 2.75) is 78.6 Å². The summed E-state index contributed by atoms with van der Waals surface area (Å²) in [4.78, 5) is 0. The van der Waals surface area contributed by atoms with Crippen molar-refractivity contribution in [1.82, 2.24) is 0 Å². The molecule has 0 spiro atoms. The van der Waals surface area contributed by atoms with E-state index in [0.717, 1.165) is 46.7 Å². The largest absolute Gasteiger partial charge is 0.507 e. The molecule has 3 aromatic carbocycles. The number of aryl methyl sites for hydroxylation is 2. The molecule has 0 heterocycles. The van der Waals surface area contributed by atoms with Crippen LogP contribution in [0.25, 0.3) is 10.8 Å². The standard InChI is InChI=1S/C28H36O2/c1-6-7-8-9-12-21-16-20(18-25(27(21)30)28(3,4)5)17-22-15-19(2)26(29)24-14-11-10-13-23(22)24/h10-11,13-16,18,29-30H,6-9,12,17H2,1-5H3. The van der Waals surface area contributed by atoms with E-state index in [-0.39, 0.29) is 5.41 Å². The van der Waals surface area contributed by atoms with Gasteiger partial charge in [0.1, 0.15) is 11.5 Å². The van der Waals surface area contributed by atoms with Crippen LogP contribution in [0.1, 0.15) is 81.2 Å². The van der Waals surface area contributed by atoms with Crippen molar-refractivity contribution in [2.75, 3.05) is 0 Å². The molecule has 0 aliphatic carbocycles. The molecule has 0 unspecified atom stereocenters. The minimum Gasteiger partial charge on any atom is -0.507 e. The topological polar surface area (TPSA) is 40.5 Å². The van der Waals surface area contributed by atoms with Gasteiger partial charge in [0.15, 0.2) is 0 Å². The highest BCUT2D eigenvalue weighted by Gasteiger charge is 2.21. The van der Waals surface area contributed by atoms with Crippen molar-refractivity contribution in [3.8, 4) is 11.5 Å². The van der Waals surface area contributed by atoms with Crippen LogP contribution in [0.15, 0.2) is 42.5 Å². The first-order chi connectivity index (χ1) is 14.2. The lowest BCUT2D eigenvalue weighted by atomic mass is 9.82. The monoisotopic (exact) mass is 404 g/mol. The number of phenolic OH excluding ortho intramolecular Hbond substituents is 2. The van der Waals surface area contributed by atoms with E-state index in [1.165, 1.54) is 30.4 Å². The lowest BCUT2D eigenvalue weighted by Crippen LogP contribution is -2.13. The van der Waals surface area contributed by atoms with Crippen LogP contribution in [0.2, 0.25) is 0 Å². The molecule has 0 fully saturated rings. The maximum absolute atomic E-state index is 11.0. The van der Waals surface area contributed by atoms with Crippen molar-refractivity contribution in [1.29, 1.82) is 0 Å². The van der Waals surface area contributed by atoms with Crippen LogP contribution in [0.4, 0.5) is 0 Å². The fourth-order valence-corrected chi connectivity index (χ4v) is 4.32. The molecule has 0 aromatic heterocycles. The molecule has 2 N–H and O–H groups in total. The zero-order valence-corrected chi connectivity index (χ0v) is 19.2. The summed E-state index contributed by atoms with van der Waals surface area (Å²) in [5.74, 6) is 0.835. The molecule has 0 radical (unpaired) electrons. The van der Waals surface area contributed by atoms with Crippen molar-refractivity contribution in [3.63, 3.8) is 0 Å². The molecule has 0 aliphatic heterocycles. The molecule has 0 aliphatic rings. The number of rotatable bonds is 7. The van der Waals surface area contributed by atoms with Gasteiger partial charge in [-0.15, -0.1) is 0 Å². The van der Waals surface area contributed by atoms with Gasteiger partial charge in [-0.1, -0.05) is 89.4 Å². The minimum atomic E-state index is -0.120. The fraction of sp³-hybridized carbons (Fsp3) is 0.429. The average molecular weight is 405 g/mol. The van der Waals surface area contributed by atoms with Crippen LogP contribution < -0.4 is 0 Å². The van der Waals surface area contributed by atoms with Crippen LogP contribution in [0.5, 0.6) is 11.5 Å². The molecule has 30 heavy (non-hydrogen) atoms. The first-order valence-electron chi connectivity index (χ1n) is 11.3. The number of phenols is 2. The Morgan fingerprint density at radius 3 is 2.17 bits per heavy atom. The van der Waals surface area contributed by atoms with Gasteiger partial charge in [0, 0.05) is 5.39 Å². The van der Waals surface area contributed by atoms with Gasteiger partial charge in [0.25, 0.3) is 0 Å². The first kappa shape index (κ1) is 22.2. The molecule has 2 heteroatoms. The molecule has 0 amide bonds. The van der Waals surface area contributed by atoms with E-state index in [1.807, 2.05) is 25.1 Å². The quantitative estimate of drug-likeness (QED) is 0.399. The number of aromatic hydroxyl groups is 2. The molecule has 3 rings (SSSR count). The van der Waals surface area contributed by atoms with Crippen LogP contribution in [0.3, 0.4) is 0 Å². The summed E-state index contributed by atoms with van der Waals surface area (Å²) in [6, 6.07) is 14.5. The van der Waals surface area contributed by atoms with Crippen LogP contribution in [-0.4, -0.2) is 10.2 Å². The second-order valence-corrected chi connectivity index (χ2v) is 9.64. The zero-order chi connectivity index (χ0) is 21.9. The van der Waals surface area contributed by atoms with Gasteiger partial charge in [-0.3, -0.25) is 0 Å². The summed E-state index contributed by atoms with van der Waals surface area (Å²) in [6.45, 7) is 10.7. The lowest BCUT2D eigenvalue weighted by molar-refractivity contribution is 0.438. The molecule has 0 atom stereocenters. The summed E-state index contributed by atoms with van der Waals surface area (Å²) < 4.78 is 0. The van der Waals surface area contributed by atoms with Crippen LogP contribution >= 0.6 is 0 Å². The Kier molecular flexibility index (Phi) is 6.75. The van der Waals surface area contributed by atoms with Crippen LogP contribution in [0, 0.1) is 6.92 Å². The Hall–Kier alpha value is -2.48. The van der Waals surface area contributed by atoms with Gasteiger partial charge in [-0.25, -0.2) is 0 Å². The van der Waals surface area contributed by atoms with E-state index in [2.05, 4.69) is 52.0 Å². The summed E-state index contributed by atoms with van der Waals surface area (Å²) in [5, 5.41) is 23.5. The summed E-state index contributed by atoms with van der Waals surface area (Å²) >= 11 is 0. The van der Waals surface area contributed by atoms with Gasteiger partial charge in [-0.2, -0.15) is 0 Å². The van der Waals surface area contributed by atoms with E-state index in [0.29, 0.717) is 11.5 Å². The predicted molar refractivity (Wildman–Crippen MR) is 128 cm³/mol. The Bertz CT molecular complexity index is 1020. The van der Waals surface area contributed by atoms with Gasteiger partial charge in [0.05, 0.1) is 0 Å². The molecule has 0 saturated carbocycles. The third kappa shape index (κ3) is 4.80.